The Balaban J connectivity index is 1.67. The Bertz CT molecular complexity index is 1120. The molecule has 1 aliphatic heterocycles. The number of nitrogens with one attached hydrogen (secondary N) is 1. The van der Waals surface area contributed by atoms with E-state index in [4.69, 9.17) is 16.7 Å². The van der Waals surface area contributed by atoms with Crippen LogP contribution in [0.2, 0.25) is 5.02 Å². The number of rotatable bonds is 4. The zero-order valence-corrected chi connectivity index (χ0v) is 18.6. The first-order valence-electron chi connectivity index (χ1n) is 9.96. The van der Waals surface area contributed by atoms with Crippen LogP contribution in [-0.2, 0) is 10.0 Å². The van der Waals surface area contributed by atoms with Crippen molar-refractivity contribution in [2.24, 2.45) is 10.6 Å². The Morgan fingerprint density at radius 2 is 1.87 bits per heavy atom. The number of hydrogen-bond acceptors (Lipinski definition) is 5. The van der Waals surface area contributed by atoms with E-state index in [2.05, 4.69) is 15.2 Å². The maximum atomic E-state index is 13.2. The van der Waals surface area contributed by atoms with Crippen LogP contribution >= 0.6 is 11.6 Å². The van der Waals surface area contributed by atoms with E-state index in [-0.39, 0.29) is 10.8 Å². The van der Waals surface area contributed by atoms with Crippen molar-refractivity contribution in [1.29, 1.82) is 0 Å². The molecule has 1 aliphatic carbocycles. The largest absolute Gasteiger partial charge is 0.356 e. The third-order valence-electron chi connectivity index (χ3n) is 6.25. The molecule has 0 radical (unpaired) electrons. The molecule has 1 aromatic heterocycles. The first-order chi connectivity index (χ1) is 14.1. The summed E-state index contributed by atoms with van der Waals surface area (Å²) >= 11 is 6.42. The summed E-state index contributed by atoms with van der Waals surface area (Å²) < 4.78 is 23.3. The minimum absolute atomic E-state index is 0.0666. The fraction of sp³-hybridized carbons (Fsp3) is 0.429. The zero-order valence-electron chi connectivity index (χ0n) is 17.0. The Kier molecular flexibility index (Phi) is 5.28. The summed E-state index contributed by atoms with van der Waals surface area (Å²) in [6.07, 6.45) is 4.79. The predicted molar refractivity (Wildman–Crippen MR) is 118 cm³/mol. The zero-order chi connectivity index (χ0) is 21.7. The van der Waals surface area contributed by atoms with Crippen molar-refractivity contribution in [2.45, 2.75) is 44.4 Å². The van der Waals surface area contributed by atoms with Crippen LogP contribution in [0, 0.1) is 19.3 Å². The number of sulfonamides is 1. The minimum Gasteiger partial charge on any atom is -0.356 e. The number of primary sulfonamides is 1. The first-order valence-corrected chi connectivity index (χ1v) is 11.9. The van der Waals surface area contributed by atoms with Gasteiger partial charge < -0.3 is 10.2 Å². The predicted octanol–water partition coefficient (Wildman–Crippen LogP) is 3.63. The highest BCUT2D eigenvalue weighted by atomic mass is 35.5. The fourth-order valence-corrected chi connectivity index (χ4v) is 4.82. The van der Waals surface area contributed by atoms with Crippen LogP contribution in [0.15, 0.2) is 29.2 Å². The van der Waals surface area contributed by atoms with Crippen molar-refractivity contribution in [2.75, 3.05) is 23.3 Å². The van der Waals surface area contributed by atoms with E-state index in [1.807, 2.05) is 13.8 Å². The van der Waals surface area contributed by atoms with E-state index >= 15 is 0 Å². The van der Waals surface area contributed by atoms with E-state index in [0.29, 0.717) is 38.8 Å². The van der Waals surface area contributed by atoms with Crippen molar-refractivity contribution >= 4 is 39.0 Å². The number of nitrogens with zero attached hydrogens (tertiary/aromatic N) is 2. The highest BCUT2D eigenvalue weighted by molar-refractivity contribution is 7.89. The minimum atomic E-state index is -3.87. The number of nitrogens with two attached hydrogens (primary N) is 1. The van der Waals surface area contributed by atoms with Crippen LogP contribution in [0.3, 0.4) is 0 Å². The SMILES string of the molecule is Cc1nc(N2CCC3(CC2)CC3)c(C(=O)Nc2cccc(S(N)(=O)=O)c2)c(C)c1Cl. The molecule has 2 aliphatic rings. The van der Waals surface area contributed by atoms with Gasteiger partial charge in [0.15, 0.2) is 0 Å². The number of piperidine rings is 1. The van der Waals surface area contributed by atoms with Crippen LogP contribution < -0.4 is 15.4 Å². The maximum Gasteiger partial charge on any atom is 0.259 e. The maximum absolute atomic E-state index is 13.2. The molecule has 1 saturated heterocycles. The summed E-state index contributed by atoms with van der Waals surface area (Å²) in [4.78, 5) is 20.0. The van der Waals surface area contributed by atoms with E-state index in [9.17, 15) is 13.2 Å². The van der Waals surface area contributed by atoms with Gasteiger partial charge in [-0.25, -0.2) is 18.5 Å². The van der Waals surface area contributed by atoms with Crippen LogP contribution in [-0.4, -0.2) is 32.4 Å². The molecule has 0 bridgehead atoms. The molecule has 3 N–H and O–H groups in total. The number of amides is 1. The topological polar surface area (TPSA) is 105 Å². The van der Waals surface area contributed by atoms with E-state index in [1.165, 1.54) is 31.0 Å². The van der Waals surface area contributed by atoms with Crippen LogP contribution in [0.4, 0.5) is 11.5 Å². The molecule has 1 saturated carbocycles. The summed E-state index contributed by atoms with van der Waals surface area (Å²) in [7, 11) is -3.87. The molecule has 2 heterocycles. The fourth-order valence-electron chi connectivity index (χ4n) is 4.13. The molecule has 1 amide bonds. The molecule has 2 fully saturated rings. The molecule has 7 nitrogen and oxygen atoms in total. The van der Waals surface area contributed by atoms with Crippen molar-refractivity contribution in [1.82, 2.24) is 4.98 Å². The van der Waals surface area contributed by atoms with Gasteiger partial charge in [-0.15, -0.1) is 0 Å². The summed E-state index contributed by atoms with van der Waals surface area (Å²) in [5.74, 6) is 0.250. The second kappa shape index (κ2) is 7.51. The van der Waals surface area contributed by atoms with Gasteiger partial charge in [0.25, 0.3) is 5.91 Å². The van der Waals surface area contributed by atoms with Gasteiger partial charge in [0.05, 0.1) is 21.2 Å². The third kappa shape index (κ3) is 4.04. The lowest BCUT2D eigenvalue weighted by atomic mass is 9.93. The van der Waals surface area contributed by atoms with Gasteiger partial charge in [0.2, 0.25) is 10.0 Å². The Morgan fingerprint density at radius 1 is 1.20 bits per heavy atom. The van der Waals surface area contributed by atoms with Crippen LogP contribution in [0.25, 0.3) is 0 Å². The first kappa shape index (κ1) is 21.1. The lowest BCUT2D eigenvalue weighted by molar-refractivity contribution is 0.102. The van der Waals surface area contributed by atoms with Gasteiger partial charge in [0, 0.05) is 18.8 Å². The molecule has 9 heteroatoms. The van der Waals surface area contributed by atoms with E-state index < -0.39 is 10.0 Å². The lowest BCUT2D eigenvalue weighted by Gasteiger charge is -2.34. The van der Waals surface area contributed by atoms with Gasteiger partial charge in [-0.05, 0) is 68.7 Å². The highest BCUT2D eigenvalue weighted by Gasteiger charge is 2.45. The summed E-state index contributed by atoms with van der Waals surface area (Å²) in [5, 5.41) is 8.44. The average molecular weight is 449 g/mol. The normalized spacial score (nSPS) is 17.8. The molecule has 0 unspecified atom stereocenters. The number of pyridine rings is 1. The Morgan fingerprint density at radius 3 is 2.47 bits per heavy atom. The molecule has 2 aromatic rings. The molecule has 160 valence electrons. The molecule has 4 rings (SSSR count). The van der Waals surface area contributed by atoms with Gasteiger partial charge in [-0.2, -0.15) is 0 Å². The van der Waals surface area contributed by atoms with Gasteiger partial charge >= 0.3 is 0 Å². The van der Waals surface area contributed by atoms with E-state index in [1.54, 1.807) is 6.07 Å². The number of benzene rings is 1. The molecule has 1 aromatic carbocycles. The number of halogens is 1. The van der Waals surface area contributed by atoms with Crippen molar-refractivity contribution in [3.05, 3.63) is 46.1 Å². The molecule has 30 heavy (non-hydrogen) atoms. The number of aromatic nitrogens is 1. The van der Waals surface area contributed by atoms with Crippen molar-refractivity contribution in [3.8, 4) is 0 Å². The Labute approximate surface area is 181 Å². The lowest BCUT2D eigenvalue weighted by Crippen LogP contribution is -2.36. The van der Waals surface area contributed by atoms with Gasteiger partial charge in [-0.1, -0.05) is 17.7 Å². The average Bonchev–Trinajstić information content (AvgIpc) is 3.45. The standard InChI is InChI=1S/C21H25ClN4O3S/c1-13-17(20(27)25-15-4-3-5-16(12-15)30(23,28)29)19(24-14(2)18(13)22)26-10-8-21(6-7-21)9-11-26/h3-5,12H,6-11H2,1-2H3,(H,25,27)(H2,23,28,29). The summed E-state index contributed by atoms with van der Waals surface area (Å²) in [5.41, 5.74) is 2.60. The molecular formula is C21H25ClN4O3S. The third-order valence-corrected chi connectivity index (χ3v) is 7.72. The molecule has 1 spiro atoms. The monoisotopic (exact) mass is 448 g/mol. The van der Waals surface area contributed by atoms with Crippen LogP contribution in [0.1, 0.15) is 47.3 Å². The Hall–Kier alpha value is -2.16. The number of hydrogen-bond donors (Lipinski definition) is 2. The summed E-state index contributed by atoms with van der Waals surface area (Å²) in [6, 6.07) is 5.86. The number of carbonyl (C=O) groups excluding carboxylic acids is 1. The highest BCUT2D eigenvalue weighted by Crippen LogP contribution is 2.54. The van der Waals surface area contributed by atoms with Crippen molar-refractivity contribution in [3.63, 3.8) is 0 Å². The molecular weight excluding hydrogens is 424 g/mol. The number of anilines is 2. The van der Waals surface area contributed by atoms with E-state index in [0.717, 1.165) is 25.9 Å². The number of aryl methyl sites for hydroxylation is 1. The second-order valence-corrected chi connectivity index (χ2v) is 10.3. The van der Waals surface area contributed by atoms with Gasteiger partial charge in [-0.3, -0.25) is 4.79 Å². The smallest absolute Gasteiger partial charge is 0.259 e. The number of carbonyl (C=O) groups is 1. The van der Waals surface area contributed by atoms with Crippen LogP contribution in [0.5, 0.6) is 0 Å². The van der Waals surface area contributed by atoms with Gasteiger partial charge in [0.1, 0.15) is 5.82 Å². The second-order valence-electron chi connectivity index (χ2n) is 8.35. The van der Waals surface area contributed by atoms with Crippen molar-refractivity contribution < 1.29 is 13.2 Å². The summed E-state index contributed by atoms with van der Waals surface area (Å²) in [6.45, 7) is 5.36. The molecule has 0 atom stereocenters. The quantitative estimate of drug-likeness (QED) is 0.742.